The maximum absolute atomic E-state index is 12.7. The van der Waals surface area contributed by atoms with Crippen molar-refractivity contribution in [3.8, 4) is 16.9 Å². The molecule has 49 heavy (non-hydrogen) atoms. The molecule has 11 nitrogen and oxygen atoms in total. The molecule has 5 N–H and O–H groups in total. The monoisotopic (exact) mass is 673 g/mol. The number of nitrogens with zero attached hydrogens (tertiary/aromatic N) is 2. The number of benzene rings is 3. The Morgan fingerprint density at radius 2 is 1.49 bits per heavy atom. The zero-order valence-corrected chi connectivity index (χ0v) is 28.3. The molecule has 0 bridgehead atoms. The van der Waals surface area contributed by atoms with E-state index in [-0.39, 0.29) is 36.8 Å². The van der Waals surface area contributed by atoms with E-state index >= 15 is 0 Å². The number of phenols is 1. The first-order valence-electron chi connectivity index (χ1n) is 17.4. The van der Waals surface area contributed by atoms with Gasteiger partial charge in [0.05, 0.1) is 12.3 Å². The van der Waals surface area contributed by atoms with Gasteiger partial charge in [-0.15, -0.1) is 0 Å². The highest BCUT2D eigenvalue weighted by Gasteiger charge is 2.23. The number of aromatic hydroxyl groups is 1. The van der Waals surface area contributed by atoms with E-state index in [1.807, 2.05) is 66.7 Å². The predicted molar refractivity (Wildman–Crippen MR) is 191 cm³/mol. The quantitative estimate of drug-likeness (QED) is 0.115. The van der Waals surface area contributed by atoms with Crippen molar-refractivity contribution in [1.29, 1.82) is 0 Å². The second-order valence-corrected chi connectivity index (χ2v) is 12.4. The fourth-order valence-corrected chi connectivity index (χ4v) is 5.89. The molecule has 11 heteroatoms. The van der Waals surface area contributed by atoms with Crippen LogP contribution in [0.2, 0.25) is 0 Å². The second kappa shape index (κ2) is 20.8. The minimum absolute atomic E-state index is 0.0395. The number of carbonyl (C=O) groups excluding carboxylic acids is 3. The van der Waals surface area contributed by atoms with Crippen LogP contribution >= 0.6 is 0 Å². The van der Waals surface area contributed by atoms with Crippen LogP contribution in [-0.4, -0.2) is 96.4 Å². The smallest absolute Gasteiger partial charge is 0.411 e. The molecule has 0 radical (unpaired) electrons. The van der Waals surface area contributed by atoms with Crippen LogP contribution in [0, 0.1) is 0 Å². The maximum Gasteiger partial charge on any atom is 0.411 e. The summed E-state index contributed by atoms with van der Waals surface area (Å²) in [7, 11) is 0. The van der Waals surface area contributed by atoms with E-state index in [2.05, 4.69) is 25.8 Å². The first-order valence-corrected chi connectivity index (χ1v) is 17.4. The van der Waals surface area contributed by atoms with Crippen LogP contribution in [0.4, 0.5) is 10.5 Å². The molecule has 0 atom stereocenters. The number of unbranched alkanes of at least 4 members (excludes halogenated alkanes) is 2. The number of piperidine rings is 1. The molecular formula is C38H51N5O6. The van der Waals surface area contributed by atoms with Gasteiger partial charge in [-0.25, -0.2) is 4.79 Å². The Morgan fingerprint density at radius 3 is 2.24 bits per heavy atom. The number of phenolic OH excluding ortho intramolecular Hbond substituents is 1. The largest absolute Gasteiger partial charge is 0.508 e. The van der Waals surface area contributed by atoms with Gasteiger partial charge in [-0.05, 0) is 61.6 Å². The SMILES string of the molecule is O=C(CCN1CCC(OC(=O)Nc2ccccc2-c2ccccc2)CC1)NCCCCCN(CCC(=O)NCCO)Cc1ccc(O)cc1. The molecule has 264 valence electrons. The number of likely N-dealkylation sites (tertiary alicyclic amines) is 1. The molecule has 0 saturated carbocycles. The Morgan fingerprint density at radius 1 is 0.796 bits per heavy atom. The highest BCUT2D eigenvalue weighted by molar-refractivity contribution is 5.91. The van der Waals surface area contributed by atoms with E-state index in [9.17, 15) is 19.5 Å². The molecule has 0 aliphatic carbocycles. The molecule has 1 heterocycles. The summed E-state index contributed by atoms with van der Waals surface area (Å²) in [5.74, 6) is 0.172. The molecule has 3 amide bonds. The lowest BCUT2D eigenvalue weighted by molar-refractivity contribution is -0.122. The number of hydrogen-bond acceptors (Lipinski definition) is 8. The lowest BCUT2D eigenvalue weighted by Gasteiger charge is -2.31. The molecule has 0 aromatic heterocycles. The Kier molecular flexibility index (Phi) is 15.9. The van der Waals surface area contributed by atoms with Gasteiger partial charge in [0.1, 0.15) is 11.9 Å². The number of hydrogen-bond donors (Lipinski definition) is 5. The normalized spacial score (nSPS) is 13.6. The maximum atomic E-state index is 12.7. The van der Waals surface area contributed by atoms with Gasteiger partial charge in [0.25, 0.3) is 0 Å². The lowest BCUT2D eigenvalue weighted by atomic mass is 10.0. The average molecular weight is 674 g/mol. The van der Waals surface area contributed by atoms with Crippen molar-refractivity contribution in [2.75, 3.05) is 57.7 Å². The van der Waals surface area contributed by atoms with Gasteiger partial charge in [0.15, 0.2) is 0 Å². The fourth-order valence-electron chi connectivity index (χ4n) is 5.89. The molecule has 0 unspecified atom stereocenters. The van der Waals surface area contributed by atoms with Gasteiger partial charge in [-0.2, -0.15) is 0 Å². The highest BCUT2D eigenvalue weighted by Crippen LogP contribution is 2.28. The van der Waals surface area contributed by atoms with Crippen molar-refractivity contribution < 1.29 is 29.3 Å². The number of amides is 3. The molecule has 1 saturated heterocycles. The van der Waals surface area contributed by atoms with Crippen LogP contribution in [0.1, 0.15) is 50.5 Å². The fraction of sp³-hybridized carbons (Fsp3) is 0.447. The zero-order chi connectivity index (χ0) is 34.7. The van der Waals surface area contributed by atoms with E-state index in [4.69, 9.17) is 9.84 Å². The van der Waals surface area contributed by atoms with Crippen LogP contribution in [0.3, 0.4) is 0 Å². The first kappa shape index (κ1) is 37.4. The van der Waals surface area contributed by atoms with Crippen molar-refractivity contribution in [3.05, 3.63) is 84.4 Å². The molecule has 1 fully saturated rings. The summed E-state index contributed by atoms with van der Waals surface area (Å²) in [6.45, 7) is 5.09. The van der Waals surface area contributed by atoms with Crippen LogP contribution in [0.15, 0.2) is 78.9 Å². The van der Waals surface area contributed by atoms with E-state index < -0.39 is 6.09 Å². The highest BCUT2D eigenvalue weighted by atomic mass is 16.6. The number of para-hydroxylation sites is 1. The Bertz CT molecular complexity index is 1430. The van der Waals surface area contributed by atoms with Crippen molar-refractivity contribution >= 4 is 23.6 Å². The number of carbonyl (C=O) groups is 3. The minimum atomic E-state index is -0.451. The third-order valence-corrected chi connectivity index (χ3v) is 8.62. The standard InChI is InChI=1S/C38H51N5O6/c44-28-22-40-37(47)20-27-43(29-30-13-15-32(45)16-14-30)23-8-2-7-21-39-36(46)19-26-42-24-17-33(18-25-42)49-38(48)41-35-12-6-5-11-34(35)31-9-3-1-4-10-31/h1,3-6,9-16,33,44-45H,2,7-8,17-29H2,(H,39,46)(H,40,47)(H,41,48). The van der Waals surface area contributed by atoms with Gasteiger partial charge in [0, 0.05) is 64.2 Å². The summed E-state index contributed by atoms with van der Waals surface area (Å²) < 4.78 is 5.74. The topological polar surface area (TPSA) is 143 Å². The van der Waals surface area contributed by atoms with Crippen molar-refractivity contribution in [2.24, 2.45) is 0 Å². The number of nitrogens with one attached hydrogen (secondary N) is 3. The molecule has 3 aromatic carbocycles. The Balaban J connectivity index is 1.07. The number of aliphatic hydroxyl groups is 1. The molecule has 4 rings (SSSR count). The summed E-state index contributed by atoms with van der Waals surface area (Å²) in [6.07, 6.45) is 4.37. The molecule has 0 spiro atoms. The van der Waals surface area contributed by atoms with Crippen molar-refractivity contribution in [3.63, 3.8) is 0 Å². The second-order valence-electron chi connectivity index (χ2n) is 12.4. The van der Waals surface area contributed by atoms with Gasteiger partial charge in [-0.1, -0.05) is 67.1 Å². The average Bonchev–Trinajstić information content (AvgIpc) is 3.12. The number of ether oxygens (including phenoxy) is 1. The van der Waals surface area contributed by atoms with E-state index in [1.54, 1.807) is 12.1 Å². The summed E-state index contributed by atoms with van der Waals surface area (Å²) in [5.41, 5.74) is 3.74. The molecule has 3 aromatic rings. The summed E-state index contributed by atoms with van der Waals surface area (Å²) >= 11 is 0. The first-order chi connectivity index (χ1) is 23.9. The van der Waals surface area contributed by atoms with E-state index in [0.29, 0.717) is 44.7 Å². The van der Waals surface area contributed by atoms with Gasteiger partial charge >= 0.3 is 6.09 Å². The summed E-state index contributed by atoms with van der Waals surface area (Å²) in [5, 5.41) is 27.2. The number of aliphatic hydroxyl groups excluding tert-OH is 1. The van der Waals surface area contributed by atoms with Crippen LogP contribution < -0.4 is 16.0 Å². The lowest BCUT2D eigenvalue weighted by Crippen LogP contribution is -2.40. The molecule has 1 aliphatic heterocycles. The Labute approximate surface area is 289 Å². The van der Waals surface area contributed by atoms with E-state index in [0.717, 1.165) is 68.4 Å². The van der Waals surface area contributed by atoms with Crippen LogP contribution in [0.25, 0.3) is 11.1 Å². The minimum Gasteiger partial charge on any atom is -0.508 e. The molecular weight excluding hydrogens is 622 g/mol. The van der Waals surface area contributed by atoms with Gasteiger partial charge in [0.2, 0.25) is 11.8 Å². The predicted octanol–water partition coefficient (Wildman–Crippen LogP) is 4.75. The van der Waals surface area contributed by atoms with Crippen molar-refractivity contribution in [1.82, 2.24) is 20.4 Å². The Hall–Kier alpha value is -4.45. The zero-order valence-electron chi connectivity index (χ0n) is 28.3. The van der Waals surface area contributed by atoms with Crippen LogP contribution in [0.5, 0.6) is 5.75 Å². The van der Waals surface area contributed by atoms with E-state index in [1.165, 1.54) is 0 Å². The number of anilines is 1. The van der Waals surface area contributed by atoms with Crippen LogP contribution in [-0.2, 0) is 20.9 Å². The van der Waals surface area contributed by atoms with Crippen molar-refractivity contribution in [2.45, 2.75) is 57.6 Å². The summed E-state index contributed by atoms with van der Waals surface area (Å²) in [4.78, 5) is 41.7. The van der Waals surface area contributed by atoms with Gasteiger partial charge in [-0.3, -0.25) is 19.8 Å². The third-order valence-electron chi connectivity index (χ3n) is 8.62. The summed E-state index contributed by atoms with van der Waals surface area (Å²) in [6, 6.07) is 24.7. The third kappa shape index (κ3) is 13.9. The van der Waals surface area contributed by atoms with Gasteiger partial charge < -0.3 is 30.5 Å². The number of rotatable bonds is 19. The molecule has 1 aliphatic rings.